The Bertz CT molecular complexity index is 269. The highest BCUT2D eigenvalue weighted by Gasteiger charge is 2.43. The molecular weight excluding hydrogens is 216 g/mol. The molecule has 2 aliphatic heterocycles. The highest BCUT2D eigenvalue weighted by atomic mass is 16.6. The molecule has 3 atom stereocenters. The number of hydrogen-bond acceptors (Lipinski definition) is 3. The predicted octanol–water partition coefficient (Wildman–Crippen LogP) is 2.58. The van der Waals surface area contributed by atoms with E-state index in [0.29, 0.717) is 12.4 Å². The first-order valence-corrected chi connectivity index (χ1v) is 6.92. The van der Waals surface area contributed by atoms with Crippen molar-refractivity contribution in [3.63, 3.8) is 0 Å². The fraction of sp³-hybridized carbons (Fsp3) is 0.929. The quantitative estimate of drug-likeness (QED) is 0.757. The molecule has 2 fully saturated rings. The van der Waals surface area contributed by atoms with Gasteiger partial charge < -0.3 is 9.47 Å². The van der Waals surface area contributed by atoms with Gasteiger partial charge in [-0.3, -0.25) is 4.79 Å². The van der Waals surface area contributed by atoms with E-state index in [1.807, 2.05) is 0 Å². The average Bonchev–Trinajstić information content (AvgIpc) is 2.76. The lowest BCUT2D eigenvalue weighted by molar-refractivity contribution is -0.140. The Morgan fingerprint density at radius 1 is 1.47 bits per heavy atom. The van der Waals surface area contributed by atoms with Crippen LogP contribution in [0.2, 0.25) is 0 Å². The van der Waals surface area contributed by atoms with Crippen LogP contribution < -0.4 is 0 Å². The van der Waals surface area contributed by atoms with E-state index in [-0.39, 0.29) is 17.4 Å². The van der Waals surface area contributed by atoms with Crippen molar-refractivity contribution in [3.8, 4) is 0 Å². The maximum Gasteiger partial charge on any atom is 0.138 e. The van der Waals surface area contributed by atoms with Crippen LogP contribution >= 0.6 is 0 Å². The van der Waals surface area contributed by atoms with Gasteiger partial charge in [-0.05, 0) is 19.3 Å². The molecule has 0 aromatic carbocycles. The molecule has 0 aliphatic carbocycles. The van der Waals surface area contributed by atoms with E-state index in [9.17, 15) is 4.79 Å². The van der Waals surface area contributed by atoms with Crippen LogP contribution in [0, 0.1) is 11.8 Å². The number of carbonyl (C=O) groups is 1. The summed E-state index contributed by atoms with van der Waals surface area (Å²) in [6, 6.07) is 0. The number of hydrogen-bond donors (Lipinski definition) is 0. The molecule has 0 amide bonds. The van der Waals surface area contributed by atoms with Crippen LogP contribution in [-0.2, 0) is 14.3 Å². The van der Waals surface area contributed by atoms with Crippen LogP contribution in [0.4, 0.5) is 0 Å². The fourth-order valence-corrected chi connectivity index (χ4v) is 3.11. The van der Waals surface area contributed by atoms with E-state index in [1.54, 1.807) is 0 Å². The smallest absolute Gasteiger partial charge is 0.138 e. The number of Topliss-reactive ketones (excluding diaryl/α,β-unsaturated/α-hetero) is 1. The Morgan fingerprint density at radius 3 is 2.94 bits per heavy atom. The van der Waals surface area contributed by atoms with Crippen LogP contribution in [0.3, 0.4) is 0 Å². The lowest BCUT2D eigenvalue weighted by atomic mass is 9.79. The molecule has 2 heterocycles. The Kier molecular flexibility index (Phi) is 4.21. The van der Waals surface area contributed by atoms with Crippen molar-refractivity contribution >= 4 is 5.78 Å². The van der Waals surface area contributed by atoms with Gasteiger partial charge in [0.15, 0.2) is 0 Å². The molecular formula is C14H24O3. The highest BCUT2D eigenvalue weighted by molar-refractivity contribution is 5.83. The predicted molar refractivity (Wildman–Crippen MR) is 65.9 cm³/mol. The van der Waals surface area contributed by atoms with Gasteiger partial charge in [0.05, 0.1) is 12.2 Å². The van der Waals surface area contributed by atoms with Crippen LogP contribution in [0.1, 0.15) is 46.0 Å². The van der Waals surface area contributed by atoms with Gasteiger partial charge in [0.1, 0.15) is 5.78 Å². The summed E-state index contributed by atoms with van der Waals surface area (Å²) in [6.45, 7) is 6.39. The third-order valence-electron chi connectivity index (χ3n) is 4.17. The fourth-order valence-electron chi connectivity index (χ4n) is 3.11. The molecule has 3 nitrogen and oxygen atoms in total. The molecule has 0 bridgehead atoms. The third-order valence-corrected chi connectivity index (χ3v) is 4.17. The molecule has 0 N–H and O–H groups in total. The summed E-state index contributed by atoms with van der Waals surface area (Å²) in [5.41, 5.74) is -0.134. The summed E-state index contributed by atoms with van der Waals surface area (Å²) >= 11 is 0. The van der Waals surface area contributed by atoms with Crippen LogP contribution in [-0.4, -0.2) is 31.2 Å². The van der Waals surface area contributed by atoms with Gasteiger partial charge in [0.25, 0.3) is 0 Å². The zero-order chi connectivity index (χ0) is 12.3. The van der Waals surface area contributed by atoms with Crippen molar-refractivity contribution in [1.29, 1.82) is 0 Å². The zero-order valence-corrected chi connectivity index (χ0v) is 11.0. The number of rotatable bonds is 4. The summed E-state index contributed by atoms with van der Waals surface area (Å²) in [5.74, 6) is 0.857. The third kappa shape index (κ3) is 2.89. The number of ketones is 1. The van der Waals surface area contributed by atoms with E-state index >= 15 is 0 Å². The number of carbonyl (C=O) groups excluding carboxylic acids is 1. The first kappa shape index (κ1) is 13.0. The molecule has 0 saturated carbocycles. The van der Waals surface area contributed by atoms with Crippen LogP contribution in [0.5, 0.6) is 0 Å². The minimum atomic E-state index is -0.134. The van der Waals surface area contributed by atoms with Gasteiger partial charge in [0.2, 0.25) is 0 Å². The van der Waals surface area contributed by atoms with Crippen molar-refractivity contribution in [3.05, 3.63) is 0 Å². The second-order valence-electron chi connectivity index (χ2n) is 5.62. The molecule has 2 aliphatic rings. The van der Waals surface area contributed by atoms with Crippen molar-refractivity contribution in [1.82, 2.24) is 0 Å². The average molecular weight is 240 g/mol. The lowest BCUT2D eigenvalue weighted by Gasteiger charge is -2.37. The first-order valence-electron chi connectivity index (χ1n) is 6.92. The monoisotopic (exact) mass is 240 g/mol. The minimum Gasteiger partial charge on any atom is -0.378 e. The zero-order valence-electron chi connectivity index (χ0n) is 11.0. The van der Waals surface area contributed by atoms with Crippen molar-refractivity contribution in [2.75, 3.05) is 19.8 Å². The molecule has 17 heavy (non-hydrogen) atoms. The summed E-state index contributed by atoms with van der Waals surface area (Å²) < 4.78 is 11.3. The minimum absolute atomic E-state index is 0.134. The molecule has 98 valence electrons. The normalized spacial score (nSPS) is 35.1. The van der Waals surface area contributed by atoms with Crippen LogP contribution in [0.15, 0.2) is 0 Å². The molecule has 3 unspecified atom stereocenters. The summed E-state index contributed by atoms with van der Waals surface area (Å²) in [7, 11) is 0. The van der Waals surface area contributed by atoms with Gasteiger partial charge >= 0.3 is 0 Å². The SMILES string of the molecule is CCCC(C)C(=O)C1CCOC2(CCOC2)C1. The Balaban J connectivity index is 1.94. The molecule has 0 aromatic heterocycles. The second-order valence-corrected chi connectivity index (χ2v) is 5.62. The van der Waals surface area contributed by atoms with Crippen molar-refractivity contribution < 1.29 is 14.3 Å². The van der Waals surface area contributed by atoms with Crippen molar-refractivity contribution in [2.24, 2.45) is 11.8 Å². The molecule has 2 saturated heterocycles. The largest absolute Gasteiger partial charge is 0.378 e. The van der Waals surface area contributed by atoms with Crippen molar-refractivity contribution in [2.45, 2.75) is 51.6 Å². The standard InChI is InChI=1S/C14H24O3/c1-3-4-11(2)13(15)12-5-7-17-14(9-12)6-8-16-10-14/h11-12H,3-10H2,1-2H3. The molecule has 0 radical (unpaired) electrons. The molecule has 3 heteroatoms. The van der Waals surface area contributed by atoms with Gasteiger partial charge in [-0.1, -0.05) is 20.3 Å². The topological polar surface area (TPSA) is 35.5 Å². The Hall–Kier alpha value is -0.410. The van der Waals surface area contributed by atoms with Gasteiger partial charge in [-0.25, -0.2) is 0 Å². The van der Waals surface area contributed by atoms with E-state index in [1.165, 1.54) is 0 Å². The number of ether oxygens (including phenoxy) is 2. The van der Waals surface area contributed by atoms with Gasteiger partial charge in [-0.2, -0.15) is 0 Å². The molecule has 0 aromatic rings. The Morgan fingerprint density at radius 2 is 2.29 bits per heavy atom. The summed E-state index contributed by atoms with van der Waals surface area (Å²) in [4.78, 5) is 12.3. The lowest BCUT2D eigenvalue weighted by Crippen LogP contribution is -2.43. The van der Waals surface area contributed by atoms with E-state index in [2.05, 4.69) is 13.8 Å². The summed E-state index contributed by atoms with van der Waals surface area (Å²) in [6.07, 6.45) is 4.83. The van der Waals surface area contributed by atoms with Crippen LogP contribution in [0.25, 0.3) is 0 Å². The van der Waals surface area contributed by atoms with E-state index < -0.39 is 0 Å². The van der Waals surface area contributed by atoms with Gasteiger partial charge in [0, 0.05) is 31.5 Å². The molecule has 2 rings (SSSR count). The maximum absolute atomic E-state index is 12.3. The highest BCUT2D eigenvalue weighted by Crippen LogP contribution is 2.37. The summed E-state index contributed by atoms with van der Waals surface area (Å²) in [5, 5.41) is 0. The molecule has 1 spiro atoms. The maximum atomic E-state index is 12.3. The van der Waals surface area contributed by atoms with E-state index in [0.717, 1.165) is 45.3 Å². The Labute approximate surface area is 104 Å². The first-order chi connectivity index (χ1) is 8.17. The van der Waals surface area contributed by atoms with E-state index in [4.69, 9.17) is 9.47 Å². The second kappa shape index (κ2) is 5.49. The van der Waals surface area contributed by atoms with Gasteiger partial charge in [-0.15, -0.1) is 0 Å².